The van der Waals surface area contributed by atoms with Crippen LogP contribution in [0.25, 0.3) is 0 Å². The summed E-state index contributed by atoms with van der Waals surface area (Å²) in [7, 11) is 1.83. The maximum atomic E-state index is 12.6. The molecule has 6 nitrogen and oxygen atoms in total. The molecule has 0 saturated heterocycles. The number of nitrogens with zero attached hydrogens (tertiary/aromatic N) is 3. The normalized spacial score (nSPS) is 16.9. The monoisotopic (exact) mass is 313 g/mol. The van der Waals surface area contributed by atoms with Gasteiger partial charge in [-0.05, 0) is 23.6 Å². The van der Waals surface area contributed by atoms with Crippen molar-refractivity contribution >= 4 is 11.9 Å². The zero-order chi connectivity index (χ0) is 16.4. The Labute approximate surface area is 134 Å². The van der Waals surface area contributed by atoms with Gasteiger partial charge in [0.2, 0.25) is 5.91 Å². The Morgan fingerprint density at radius 2 is 2.00 bits per heavy atom. The maximum absolute atomic E-state index is 12.6. The van der Waals surface area contributed by atoms with Crippen LogP contribution in [0.4, 0.5) is 0 Å². The molecule has 0 radical (unpaired) electrons. The minimum absolute atomic E-state index is 0.131. The van der Waals surface area contributed by atoms with Gasteiger partial charge < -0.3 is 10.0 Å². The van der Waals surface area contributed by atoms with E-state index in [4.69, 9.17) is 0 Å². The summed E-state index contributed by atoms with van der Waals surface area (Å²) in [6.07, 6.45) is 2.89. The summed E-state index contributed by atoms with van der Waals surface area (Å²) in [5.41, 5.74) is 3.00. The van der Waals surface area contributed by atoms with E-state index >= 15 is 0 Å². The van der Waals surface area contributed by atoms with Crippen LogP contribution in [0.5, 0.6) is 0 Å². The van der Waals surface area contributed by atoms with Gasteiger partial charge in [-0.15, -0.1) is 0 Å². The summed E-state index contributed by atoms with van der Waals surface area (Å²) in [5.74, 6) is -1.08. The molecule has 1 N–H and O–H groups in total. The first-order valence-electron chi connectivity index (χ1n) is 7.62. The van der Waals surface area contributed by atoms with Crippen molar-refractivity contribution in [2.45, 2.75) is 31.8 Å². The first-order valence-corrected chi connectivity index (χ1v) is 7.62. The largest absolute Gasteiger partial charge is 0.480 e. The number of carbonyl (C=O) groups is 2. The number of benzene rings is 1. The second kappa shape index (κ2) is 6.24. The van der Waals surface area contributed by atoms with Crippen LogP contribution in [0, 0.1) is 0 Å². The summed E-state index contributed by atoms with van der Waals surface area (Å²) in [5, 5.41) is 13.5. The van der Waals surface area contributed by atoms with Gasteiger partial charge in [0.15, 0.2) is 0 Å². The first-order chi connectivity index (χ1) is 11.1. The number of aryl methyl sites for hydroxylation is 2. The smallest absolute Gasteiger partial charge is 0.326 e. The average Bonchev–Trinajstić information content (AvgIpc) is 2.96. The highest BCUT2D eigenvalue weighted by molar-refractivity contribution is 5.84. The lowest BCUT2D eigenvalue weighted by Gasteiger charge is -2.34. The number of rotatable bonds is 4. The van der Waals surface area contributed by atoms with E-state index in [2.05, 4.69) is 5.10 Å². The van der Waals surface area contributed by atoms with E-state index in [0.29, 0.717) is 19.4 Å². The van der Waals surface area contributed by atoms with Gasteiger partial charge in [0.1, 0.15) is 6.04 Å². The minimum atomic E-state index is -0.951. The molecule has 1 amide bonds. The Balaban J connectivity index is 1.75. The Morgan fingerprint density at radius 1 is 1.26 bits per heavy atom. The number of fused-ring (bicyclic) bond motifs is 1. The highest BCUT2D eigenvalue weighted by Crippen LogP contribution is 2.24. The molecule has 2 aromatic rings. The van der Waals surface area contributed by atoms with E-state index in [9.17, 15) is 14.7 Å². The second-order valence-corrected chi connectivity index (χ2v) is 5.79. The maximum Gasteiger partial charge on any atom is 0.326 e. The molecule has 23 heavy (non-hydrogen) atoms. The zero-order valence-corrected chi connectivity index (χ0v) is 13.0. The number of aromatic nitrogens is 2. The van der Waals surface area contributed by atoms with Gasteiger partial charge in [0.05, 0.1) is 0 Å². The number of aliphatic carboxylic acids is 1. The van der Waals surface area contributed by atoms with Crippen LogP contribution in [-0.4, -0.2) is 37.7 Å². The number of carboxylic acids is 1. The Hall–Kier alpha value is -2.63. The summed E-state index contributed by atoms with van der Waals surface area (Å²) in [6.45, 7) is 0.358. The van der Waals surface area contributed by atoms with Gasteiger partial charge in [-0.2, -0.15) is 5.10 Å². The Bertz CT molecular complexity index is 738. The van der Waals surface area contributed by atoms with E-state index in [1.807, 2.05) is 37.4 Å². The van der Waals surface area contributed by atoms with Crippen molar-refractivity contribution in [3.05, 3.63) is 53.3 Å². The quantitative estimate of drug-likeness (QED) is 0.925. The number of hydrogen-bond acceptors (Lipinski definition) is 3. The van der Waals surface area contributed by atoms with E-state index < -0.39 is 12.0 Å². The van der Waals surface area contributed by atoms with Gasteiger partial charge in [-0.25, -0.2) is 4.79 Å². The van der Waals surface area contributed by atoms with Crippen LogP contribution in [0.3, 0.4) is 0 Å². The van der Waals surface area contributed by atoms with E-state index in [1.54, 1.807) is 10.9 Å². The van der Waals surface area contributed by atoms with Crippen molar-refractivity contribution in [2.24, 2.45) is 7.05 Å². The predicted molar refractivity (Wildman–Crippen MR) is 83.6 cm³/mol. The molecule has 1 aromatic carbocycles. The van der Waals surface area contributed by atoms with E-state index in [-0.39, 0.29) is 12.3 Å². The lowest BCUT2D eigenvalue weighted by molar-refractivity contribution is -0.151. The molecule has 1 unspecified atom stereocenters. The third kappa shape index (κ3) is 3.11. The Morgan fingerprint density at radius 3 is 2.65 bits per heavy atom. The van der Waals surface area contributed by atoms with Crippen LogP contribution in [0.15, 0.2) is 36.5 Å². The first kappa shape index (κ1) is 15.3. The van der Waals surface area contributed by atoms with E-state index in [0.717, 1.165) is 16.8 Å². The molecule has 1 aromatic heterocycles. The molecule has 1 atom stereocenters. The Kier molecular flexibility index (Phi) is 4.14. The van der Waals surface area contributed by atoms with Gasteiger partial charge >= 0.3 is 5.97 Å². The fourth-order valence-electron chi connectivity index (χ4n) is 3.03. The summed E-state index contributed by atoms with van der Waals surface area (Å²) < 4.78 is 1.73. The van der Waals surface area contributed by atoms with Crippen molar-refractivity contribution in [1.82, 2.24) is 14.7 Å². The summed E-state index contributed by atoms with van der Waals surface area (Å²) >= 11 is 0. The minimum Gasteiger partial charge on any atom is -0.480 e. The van der Waals surface area contributed by atoms with Crippen molar-refractivity contribution < 1.29 is 14.7 Å². The van der Waals surface area contributed by atoms with Gasteiger partial charge in [-0.1, -0.05) is 24.3 Å². The van der Waals surface area contributed by atoms with Crippen LogP contribution in [-0.2, 0) is 36.0 Å². The highest BCUT2D eigenvalue weighted by Gasteiger charge is 2.34. The molecule has 2 heterocycles. The van der Waals surface area contributed by atoms with E-state index in [1.165, 1.54) is 4.90 Å². The third-order valence-electron chi connectivity index (χ3n) is 4.37. The number of hydrogen-bond donors (Lipinski definition) is 1. The third-order valence-corrected chi connectivity index (χ3v) is 4.37. The summed E-state index contributed by atoms with van der Waals surface area (Å²) in [6, 6.07) is 8.78. The second-order valence-electron chi connectivity index (χ2n) is 5.79. The van der Waals surface area contributed by atoms with Crippen molar-refractivity contribution in [3.63, 3.8) is 0 Å². The molecule has 0 bridgehead atoms. The molecule has 0 spiro atoms. The van der Waals surface area contributed by atoms with Gasteiger partial charge in [-0.3, -0.25) is 9.48 Å². The van der Waals surface area contributed by atoms with Crippen molar-refractivity contribution in [2.75, 3.05) is 0 Å². The number of carbonyl (C=O) groups excluding carboxylic acids is 1. The molecule has 120 valence electrons. The lowest BCUT2D eigenvalue weighted by atomic mass is 9.93. The van der Waals surface area contributed by atoms with Crippen molar-refractivity contribution in [3.8, 4) is 0 Å². The zero-order valence-electron chi connectivity index (χ0n) is 13.0. The molecular formula is C17H19N3O3. The summed E-state index contributed by atoms with van der Waals surface area (Å²) in [4.78, 5) is 25.6. The van der Waals surface area contributed by atoms with Gasteiger partial charge in [0, 0.05) is 38.3 Å². The molecule has 3 rings (SSSR count). The standard InChI is InChI=1S/C17H19N3O3/c1-19-14(8-9-18-19)6-7-16(21)20-11-13-5-3-2-4-12(13)10-15(20)17(22)23/h2-5,8-9,15H,6-7,10-11H2,1H3,(H,22,23). The number of amides is 1. The van der Waals surface area contributed by atoms with Crippen LogP contribution < -0.4 is 0 Å². The van der Waals surface area contributed by atoms with Crippen LogP contribution in [0.2, 0.25) is 0 Å². The lowest BCUT2D eigenvalue weighted by Crippen LogP contribution is -2.48. The predicted octanol–water partition coefficient (Wildman–Crippen LogP) is 1.39. The van der Waals surface area contributed by atoms with Crippen molar-refractivity contribution in [1.29, 1.82) is 0 Å². The highest BCUT2D eigenvalue weighted by atomic mass is 16.4. The number of carboxylic acid groups (broad SMARTS) is 1. The molecule has 0 fully saturated rings. The molecule has 0 aliphatic carbocycles. The van der Waals surface area contributed by atoms with Crippen LogP contribution >= 0.6 is 0 Å². The van der Waals surface area contributed by atoms with Crippen LogP contribution in [0.1, 0.15) is 23.2 Å². The topological polar surface area (TPSA) is 75.4 Å². The molecule has 0 saturated carbocycles. The fraction of sp³-hybridized carbons (Fsp3) is 0.353. The molecule has 1 aliphatic rings. The molecular weight excluding hydrogens is 294 g/mol. The van der Waals surface area contributed by atoms with Gasteiger partial charge in [0.25, 0.3) is 0 Å². The fourth-order valence-corrected chi connectivity index (χ4v) is 3.03. The molecule has 1 aliphatic heterocycles. The SMILES string of the molecule is Cn1nccc1CCC(=O)N1Cc2ccccc2CC1C(=O)O. The molecule has 6 heteroatoms. The average molecular weight is 313 g/mol.